The molecule has 1 rings (SSSR count). The van der Waals surface area contributed by atoms with Crippen LogP contribution in [0.15, 0.2) is 18.2 Å². The standard InChI is InChI=1S/C8H6O5.H2O/c9-4-1-2-5(7(10)11)6(3-4)8(12)13;/h1-3,9H,(H,10,11)(H,12,13);1H2. The minimum atomic E-state index is -1.38. The zero-order chi connectivity index (χ0) is 10.0. The predicted octanol–water partition coefficient (Wildman–Crippen LogP) is -0.0361. The van der Waals surface area contributed by atoms with Gasteiger partial charge in [0.05, 0.1) is 11.1 Å². The summed E-state index contributed by atoms with van der Waals surface area (Å²) >= 11 is 0. The van der Waals surface area contributed by atoms with Gasteiger partial charge >= 0.3 is 11.9 Å². The van der Waals surface area contributed by atoms with Crippen LogP contribution in [0.3, 0.4) is 0 Å². The maximum atomic E-state index is 10.5. The largest absolute Gasteiger partial charge is 0.508 e. The van der Waals surface area contributed by atoms with Crippen molar-refractivity contribution >= 4 is 11.9 Å². The lowest BCUT2D eigenvalue weighted by Gasteiger charge is -2.00. The van der Waals surface area contributed by atoms with E-state index >= 15 is 0 Å². The molecule has 76 valence electrons. The summed E-state index contributed by atoms with van der Waals surface area (Å²) in [5.41, 5.74) is -0.766. The van der Waals surface area contributed by atoms with Crippen LogP contribution < -0.4 is 0 Å². The van der Waals surface area contributed by atoms with Crippen molar-refractivity contribution in [3.05, 3.63) is 29.3 Å². The molecule has 6 heteroatoms. The lowest BCUT2D eigenvalue weighted by molar-refractivity contribution is 0.0651. The Hall–Kier alpha value is -2.08. The van der Waals surface area contributed by atoms with E-state index < -0.39 is 17.5 Å². The van der Waals surface area contributed by atoms with Crippen LogP contribution in [0.2, 0.25) is 0 Å². The van der Waals surface area contributed by atoms with Crippen molar-refractivity contribution in [1.82, 2.24) is 0 Å². The minimum Gasteiger partial charge on any atom is -0.508 e. The second-order valence-electron chi connectivity index (χ2n) is 2.34. The van der Waals surface area contributed by atoms with E-state index in [0.29, 0.717) is 0 Å². The molecule has 14 heavy (non-hydrogen) atoms. The fourth-order valence-electron chi connectivity index (χ4n) is 0.896. The monoisotopic (exact) mass is 200 g/mol. The summed E-state index contributed by atoms with van der Waals surface area (Å²) in [6.07, 6.45) is 0. The molecular formula is C8H8O6. The number of rotatable bonds is 2. The van der Waals surface area contributed by atoms with Crippen LogP contribution in [-0.2, 0) is 0 Å². The Kier molecular flexibility index (Phi) is 3.61. The van der Waals surface area contributed by atoms with Gasteiger partial charge in [-0.3, -0.25) is 0 Å². The van der Waals surface area contributed by atoms with Crippen LogP contribution in [0.4, 0.5) is 0 Å². The van der Waals surface area contributed by atoms with E-state index in [0.717, 1.165) is 18.2 Å². The zero-order valence-corrected chi connectivity index (χ0v) is 6.89. The molecule has 6 nitrogen and oxygen atoms in total. The molecule has 0 saturated carbocycles. The highest BCUT2D eigenvalue weighted by Crippen LogP contribution is 2.16. The van der Waals surface area contributed by atoms with Crippen molar-refractivity contribution in [2.45, 2.75) is 0 Å². The van der Waals surface area contributed by atoms with Gasteiger partial charge in [0.1, 0.15) is 5.75 Å². The molecule has 0 radical (unpaired) electrons. The number of aromatic carboxylic acids is 2. The highest BCUT2D eigenvalue weighted by atomic mass is 16.4. The van der Waals surface area contributed by atoms with Gasteiger partial charge in [0.15, 0.2) is 0 Å². The van der Waals surface area contributed by atoms with Crippen LogP contribution in [-0.4, -0.2) is 32.7 Å². The van der Waals surface area contributed by atoms with Crippen LogP contribution >= 0.6 is 0 Å². The first-order chi connectivity index (χ1) is 6.02. The van der Waals surface area contributed by atoms with Crippen molar-refractivity contribution in [3.8, 4) is 5.75 Å². The molecule has 0 heterocycles. The topological polar surface area (TPSA) is 126 Å². The first kappa shape index (κ1) is 11.9. The van der Waals surface area contributed by atoms with Crippen LogP contribution in [0, 0.1) is 0 Å². The number of carbonyl (C=O) groups is 2. The third-order valence-electron chi connectivity index (χ3n) is 1.46. The van der Waals surface area contributed by atoms with Gasteiger partial charge in [0, 0.05) is 0 Å². The Morgan fingerprint density at radius 2 is 1.50 bits per heavy atom. The zero-order valence-electron chi connectivity index (χ0n) is 6.89. The third-order valence-corrected chi connectivity index (χ3v) is 1.46. The van der Waals surface area contributed by atoms with E-state index in [1.54, 1.807) is 0 Å². The molecule has 0 atom stereocenters. The Morgan fingerprint density at radius 1 is 1.00 bits per heavy atom. The number of phenols is 1. The molecule has 0 bridgehead atoms. The maximum absolute atomic E-state index is 10.5. The second-order valence-corrected chi connectivity index (χ2v) is 2.34. The SMILES string of the molecule is O.O=C(O)c1ccc(O)cc1C(=O)O. The minimum absolute atomic E-state index is 0. The molecule has 1 aromatic carbocycles. The molecule has 0 aliphatic carbocycles. The summed E-state index contributed by atoms with van der Waals surface area (Å²) < 4.78 is 0. The average Bonchev–Trinajstić information content (AvgIpc) is 2.03. The fraction of sp³-hybridized carbons (Fsp3) is 0. The van der Waals surface area contributed by atoms with E-state index in [2.05, 4.69) is 0 Å². The number of hydrogen-bond donors (Lipinski definition) is 3. The number of carboxylic acid groups (broad SMARTS) is 2. The quantitative estimate of drug-likeness (QED) is 0.617. The van der Waals surface area contributed by atoms with Crippen molar-refractivity contribution in [2.24, 2.45) is 0 Å². The van der Waals surface area contributed by atoms with E-state index in [1.165, 1.54) is 0 Å². The van der Waals surface area contributed by atoms with Crippen molar-refractivity contribution in [1.29, 1.82) is 0 Å². The van der Waals surface area contributed by atoms with Gasteiger partial charge in [-0.1, -0.05) is 0 Å². The molecular weight excluding hydrogens is 192 g/mol. The van der Waals surface area contributed by atoms with Gasteiger partial charge in [-0.05, 0) is 18.2 Å². The second kappa shape index (κ2) is 4.24. The Bertz CT molecular complexity index is 370. The fourth-order valence-corrected chi connectivity index (χ4v) is 0.896. The van der Waals surface area contributed by atoms with Gasteiger partial charge < -0.3 is 20.8 Å². The highest BCUT2D eigenvalue weighted by Gasteiger charge is 2.15. The van der Waals surface area contributed by atoms with E-state index in [-0.39, 0.29) is 16.8 Å². The summed E-state index contributed by atoms with van der Waals surface area (Å²) in [7, 11) is 0. The summed E-state index contributed by atoms with van der Waals surface area (Å²) in [6.45, 7) is 0. The summed E-state index contributed by atoms with van der Waals surface area (Å²) in [6, 6.07) is 3.06. The summed E-state index contributed by atoms with van der Waals surface area (Å²) in [5, 5.41) is 26.0. The molecule has 0 spiro atoms. The number of benzene rings is 1. The maximum Gasteiger partial charge on any atom is 0.336 e. The van der Waals surface area contributed by atoms with E-state index in [9.17, 15) is 9.59 Å². The predicted molar refractivity (Wildman–Crippen MR) is 45.6 cm³/mol. The van der Waals surface area contributed by atoms with Crippen LogP contribution in [0.25, 0.3) is 0 Å². The first-order valence-electron chi connectivity index (χ1n) is 3.32. The molecule has 1 aromatic rings. The normalized spacial score (nSPS) is 8.86. The van der Waals surface area contributed by atoms with Gasteiger partial charge in [-0.25, -0.2) is 9.59 Å². The average molecular weight is 200 g/mol. The molecule has 0 aromatic heterocycles. The molecule has 5 N–H and O–H groups in total. The molecule has 0 saturated heterocycles. The number of carboxylic acids is 2. The van der Waals surface area contributed by atoms with Crippen molar-refractivity contribution < 1.29 is 30.4 Å². The van der Waals surface area contributed by atoms with Gasteiger partial charge in [0.2, 0.25) is 0 Å². The first-order valence-corrected chi connectivity index (χ1v) is 3.32. The van der Waals surface area contributed by atoms with Gasteiger partial charge in [0.25, 0.3) is 0 Å². The lowest BCUT2D eigenvalue weighted by atomic mass is 10.1. The third kappa shape index (κ3) is 2.20. The van der Waals surface area contributed by atoms with Gasteiger partial charge in [-0.2, -0.15) is 0 Å². The van der Waals surface area contributed by atoms with E-state index in [1.807, 2.05) is 0 Å². The summed E-state index contributed by atoms with van der Waals surface area (Å²) in [4.78, 5) is 21.0. The Balaban J connectivity index is 0.00000169. The smallest absolute Gasteiger partial charge is 0.336 e. The Morgan fingerprint density at radius 3 is 1.93 bits per heavy atom. The molecule has 0 aliphatic heterocycles. The van der Waals surface area contributed by atoms with Crippen LogP contribution in [0.1, 0.15) is 20.7 Å². The summed E-state index contributed by atoms with van der Waals surface area (Å²) in [5.74, 6) is -2.99. The number of phenolic OH excluding ortho intramolecular Hbond substituents is 1. The molecule has 0 unspecified atom stereocenters. The van der Waals surface area contributed by atoms with E-state index in [4.69, 9.17) is 15.3 Å². The number of aromatic hydroxyl groups is 1. The highest BCUT2D eigenvalue weighted by molar-refractivity contribution is 6.01. The van der Waals surface area contributed by atoms with Crippen molar-refractivity contribution in [2.75, 3.05) is 0 Å². The molecule has 0 amide bonds. The molecule has 0 aliphatic rings. The lowest BCUT2D eigenvalue weighted by Crippen LogP contribution is -2.07. The molecule has 0 fully saturated rings. The van der Waals surface area contributed by atoms with Gasteiger partial charge in [-0.15, -0.1) is 0 Å². The van der Waals surface area contributed by atoms with Crippen molar-refractivity contribution in [3.63, 3.8) is 0 Å². The van der Waals surface area contributed by atoms with Crippen LogP contribution in [0.5, 0.6) is 5.75 Å². The number of hydrogen-bond acceptors (Lipinski definition) is 3. The Labute approximate surface area is 78.3 Å².